The van der Waals surface area contributed by atoms with Crippen LogP contribution in [0.3, 0.4) is 0 Å². The molecule has 6 nitrogen and oxygen atoms in total. The van der Waals surface area contributed by atoms with E-state index in [9.17, 15) is 9.59 Å². The summed E-state index contributed by atoms with van der Waals surface area (Å²) in [6.45, 7) is 3.51. The number of urea groups is 1. The summed E-state index contributed by atoms with van der Waals surface area (Å²) in [4.78, 5) is 29.1. The van der Waals surface area contributed by atoms with Crippen molar-refractivity contribution in [3.63, 3.8) is 0 Å². The van der Waals surface area contributed by atoms with Gasteiger partial charge in [-0.1, -0.05) is 48.0 Å². The van der Waals surface area contributed by atoms with Gasteiger partial charge in [-0.25, -0.2) is 4.79 Å². The number of aryl methyl sites for hydroxylation is 1. The molecular formula is C26H27ClN4O2. The van der Waals surface area contributed by atoms with Crippen molar-refractivity contribution in [2.24, 2.45) is 4.99 Å². The van der Waals surface area contributed by atoms with Gasteiger partial charge in [-0.3, -0.25) is 9.79 Å². The highest BCUT2D eigenvalue weighted by Gasteiger charge is 2.19. The van der Waals surface area contributed by atoms with Gasteiger partial charge < -0.3 is 16.4 Å². The third-order valence-electron chi connectivity index (χ3n) is 5.29. The molecule has 2 amide bonds. The average Bonchev–Trinajstić information content (AvgIpc) is 2.80. The SMILES string of the molecule is CNC(=O)Nc1ccc(/C(=N/C(Cc2ccccc2Cl)C(C)=O)c2cc(N)ccc2C)cc1. The van der Waals surface area contributed by atoms with E-state index in [1.807, 2.05) is 55.5 Å². The van der Waals surface area contributed by atoms with Crippen LogP contribution < -0.4 is 16.4 Å². The molecule has 33 heavy (non-hydrogen) atoms. The number of hydrogen-bond acceptors (Lipinski definition) is 4. The monoisotopic (exact) mass is 462 g/mol. The quantitative estimate of drug-likeness (QED) is 0.339. The molecule has 0 spiro atoms. The van der Waals surface area contributed by atoms with Gasteiger partial charge in [0.2, 0.25) is 0 Å². The maximum absolute atomic E-state index is 12.6. The van der Waals surface area contributed by atoms with E-state index in [2.05, 4.69) is 10.6 Å². The number of rotatable bonds is 7. The number of carbonyl (C=O) groups is 2. The van der Waals surface area contributed by atoms with Crippen LogP contribution in [0.15, 0.2) is 71.7 Å². The molecule has 7 heteroatoms. The Kier molecular flexibility index (Phi) is 7.85. The molecule has 3 aromatic rings. The predicted molar refractivity (Wildman–Crippen MR) is 135 cm³/mol. The molecular weight excluding hydrogens is 436 g/mol. The zero-order valence-corrected chi connectivity index (χ0v) is 19.6. The third-order valence-corrected chi connectivity index (χ3v) is 5.65. The van der Waals surface area contributed by atoms with Gasteiger partial charge in [0, 0.05) is 41.0 Å². The smallest absolute Gasteiger partial charge is 0.318 e. The number of anilines is 2. The number of halogens is 1. The molecule has 3 rings (SSSR count). The summed E-state index contributed by atoms with van der Waals surface area (Å²) in [5.41, 5.74) is 11.5. The Hall–Kier alpha value is -3.64. The summed E-state index contributed by atoms with van der Waals surface area (Å²) in [7, 11) is 1.55. The van der Waals surface area contributed by atoms with Crippen LogP contribution in [0, 0.1) is 6.92 Å². The maximum atomic E-state index is 12.6. The standard InChI is InChI=1S/C26H27ClN4O2/c1-16-8-11-20(28)15-22(16)25(18-9-12-21(13-10-18)30-26(33)29-3)31-24(17(2)32)14-19-6-4-5-7-23(19)27/h4-13,15,24H,14,28H2,1-3H3,(H2,29,30,33)/b31-25-. The maximum Gasteiger partial charge on any atom is 0.318 e. The minimum Gasteiger partial charge on any atom is -0.399 e. The van der Waals surface area contributed by atoms with Crippen molar-refractivity contribution in [1.82, 2.24) is 5.32 Å². The Morgan fingerprint density at radius 1 is 1.06 bits per heavy atom. The van der Waals surface area contributed by atoms with E-state index in [1.54, 1.807) is 25.2 Å². The Morgan fingerprint density at radius 2 is 1.76 bits per heavy atom. The lowest BCUT2D eigenvalue weighted by Gasteiger charge is -2.17. The lowest BCUT2D eigenvalue weighted by atomic mass is 9.96. The van der Waals surface area contributed by atoms with Crippen LogP contribution in [0.1, 0.15) is 29.2 Å². The van der Waals surface area contributed by atoms with Gasteiger partial charge >= 0.3 is 6.03 Å². The predicted octanol–water partition coefficient (Wildman–Crippen LogP) is 5.02. The molecule has 3 aromatic carbocycles. The molecule has 0 aromatic heterocycles. The highest BCUT2D eigenvalue weighted by molar-refractivity contribution is 6.31. The first-order valence-electron chi connectivity index (χ1n) is 10.6. The fourth-order valence-corrected chi connectivity index (χ4v) is 3.62. The number of ketones is 1. The lowest BCUT2D eigenvalue weighted by molar-refractivity contribution is -0.118. The molecule has 0 fully saturated rings. The van der Waals surface area contributed by atoms with Crippen LogP contribution >= 0.6 is 11.6 Å². The molecule has 0 aliphatic rings. The highest BCUT2D eigenvalue weighted by Crippen LogP contribution is 2.23. The summed E-state index contributed by atoms with van der Waals surface area (Å²) >= 11 is 6.34. The summed E-state index contributed by atoms with van der Waals surface area (Å²) in [6, 6.07) is 19.4. The number of benzene rings is 3. The number of carbonyl (C=O) groups excluding carboxylic acids is 2. The van der Waals surface area contributed by atoms with Crippen LogP contribution in [0.2, 0.25) is 5.02 Å². The number of Topliss-reactive ketones (excluding diaryl/α,β-unsaturated/α-hetero) is 1. The van der Waals surface area contributed by atoms with Crippen molar-refractivity contribution in [2.75, 3.05) is 18.1 Å². The second kappa shape index (κ2) is 10.8. The summed E-state index contributed by atoms with van der Waals surface area (Å²) in [6.07, 6.45) is 0.385. The fraction of sp³-hybridized carbons (Fsp3) is 0.192. The number of aliphatic imine (C=N–C) groups is 1. The van der Waals surface area contributed by atoms with Crippen molar-refractivity contribution in [3.05, 3.63) is 94.0 Å². The van der Waals surface area contributed by atoms with Gasteiger partial charge in [0.25, 0.3) is 0 Å². The number of nitrogens with zero attached hydrogens (tertiary/aromatic N) is 1. The topological polar surface area (TPSA) is 96.6 Å². The van der Waals surface area contributed by atoms with E-state index in [4.69, 9.17) is 22.3 Å². The first-order valence-corrected chi connectivity index (χ1v) is 10.9. The Labute approximate surface area is 198 Å². The number of hydrogen-bond donors (Lipinski definition) is 3. The minimum atomic E-state index is -0.621. The van der Waals surface area contributed by atoms with Gasteiger partial charge in [-0.15, -0.1) is 0 Å². The van der Waals surface area contributed by atoms with E-state index in [0.717, 1.165) is 22.3 Å². The summed E-state index contributed by atoms with van der Waals surface area (Å²) < 4.78 is 0. The van der Waals surface area contributed by atoms with Gasteiger partial charge in [0.15, 0.2) is 5.78 Å². The fourth-order valence-electron chi connectivity index (χ4n) is 3.41. The Balaban J connectivity index is 2.08. The number of amides is 2. The molecule has 0 heterocycles. The van der Waals surface area contributed by atoms with Crippen LogP contribution in [0.4, 0.5) is 16.2 Å². The van der Waals surface area contributed by atoms with Gasteiger partial charge in [-0.2, -0.15) is 0 Å². The largest absolute Gasteiger partial charge is 0.399 e. The van der Waals surface area contributed by atoms with Crippen molar-refractivity contribution < 1.29 is 9.59 Å². The van der Waals surface area contributed by atoms with E-state index < -0.39 is 6.04 Å². The third kappa shape index (κ3) is 6.20. The van der Waals surface area contributed by atoms with Crippen LogP contribution in [-0.2, 0) is 11.2 Å². The van der Waals surface area contributed by atoms with E-state index in [-0.39, 0.29) is 11.8 Å². The second-order valence-electron chi connectivity index (χ2n) is 7.76. The minimum absolute atomic E-state index is 0.0631. The van der Waals surface area contributed by atoms with E-state index in [1.165, 1.54) is 6.92 Å². The molecule has 0 saturated heterocycles. The molecule has 1 unspecified atom stereocenters. The second-order valence-corrected chi connectivity index (χ2v) is 8.16. The molecule has 0 radical (unpaired) electrons. The number of nitrogen functional groups attached to an aromatic ring is 1. The molecule has 0 aliphatic heterocycles. The van der Waals surface area contributed by atoms with Crippen molar-refractivity contribution in [3.8, 4) is 0 Å². The molecule has 4 N–H and O–H groups in total. The van der Waals surface area contributed by atoms with Gasteiger partial charge in [0.1, 0.15) is 6.04 Å². The molecule has 0 saturated carbocycles. The zero-order valence-electron chi connectivity index (χ0n) is 18.9. The normalized spacial score (nSPS) is 12.2. The average molecular weight is 463 g/mol. The van der Waals surface area contributed by atoms with Crippen LogP contribution in [-0.4, -0.2) is 30.6 Å². The van der Waals surface area contributed by atoms with Crippen LogP contribution in [0.5, 0.6) is 0 Å². The molecule has 0 aliphatic carbocycles. The first kappa shape index (κ1) is 24.0. The number of nitrogens with two attached hydrogens (primary N) is 1. The van der Waals surface area contributed by atoms with Crippen molar-refractivity contribution in [1.29, 1.82) is 0 Å². The highest BCUT2D eigenvalue weighted by atomic mass is 35.5. The van der Waals surface area contributed by atoms with Crippen molar-refractivity contribution >= 4 is 40.5 Å². The summed E-state index contributed by atoms with van der Waals surface area (Å²) in [5, 5.41) is 5.86. The lowest BCUT2D eigenvalue weighted by Crippen LogP contribution is -2.24. The first-order chi connectivity index (χ1) is 15.8. The molecule has 1 atom stereocenters. The van der Waals surface area contributed by atoms with E-state index in [0.29, 0.717) is 28.5 Å². The zero-order chi connectivity index (χ0) is 24.0. The van der Waals surface area contributed by atoms with Gasteiger partial charge in [-0.05, 0) is 55.3 Å². The van der Waals surface area contributed by atoms with Crippen molar-refractivity contribution in [2.45, 2.75) is 26.3 Å². The van der Waals surface area contributed by atoms with E-state index >= 15 is 0 Å². The Bertz CT molecular complexity index is 1190. The van der Waals surface area contributed by atoms with Gasteiger partial charge in [0.05, 0.1) is 5.71 Å². The molecule has 0 bridgehead atoms. The number of nitrogens with one attached hydrogen (secondary N) is 2. The summed E-state index contributed by atoms with van der Waals surface area (Å²) in [5.74, 6) is -0.0631. The molecule has 170 valence electrons. The van der Waals surface area contributed by atoms with Crippen LogP contribution in [0.25, 0.3) is 0 Å². The Morgan fingerprint density at radius 3 is 2.39 bits per heavy atom.